The van der Waals surface area contributed by atoms with Gasteiger partial charge in [0.25, 0.3) is 0 Å². The Balaban J connectivity index is 1.99. The quantitative estimate of drug-likeness (QED) is 0.795. The summed E-state index contributed by atoms with van der Waals surface area (Å²) >= 11 is 0. The summed E-state index contributed by atoms with van der Waals surface area (Å²) in [6.07, 6.45) is 3.43. The van der Waals surface area contributed by atoms with Crippen molar-refractivity contribution < 1.29 is 4.39 Å². The molecule has 0 aliphatic rings. The summed E-state index contributed by atoms with van der Waals surface area (Å²) in [5, 5.41) is 8.27. The molecule has 0 radical (unpaired) electrons. The van der Waals surface area contributed by atoms with Gasteiger partial charge in [0.2, 0.25) is 0 Å². The maximum atomic E-state index is 13.0. The maximum Gasteiger partial charge on any atom is 0.123 e. The topological polar surface area (TPSA) is 69.6 Å². The predicted molar refractivity (Wildman–Crippen MR) is 76.6 cm³/mol. The average Bonchev–Trinajstić information content (AvgIpc) is 2.93. The van der Waals surface area contributed by atoms with Crippen LogP contribution in [0.5, 0.6) is 0 Å². The van der Waals surface area contributed by atoms with Gasteiger partial charge in [-0.15, -0.1) is 5.10 Å². The Hall–Kier alpha value is -2.60. The average molecular weight is 283 g/mol. The number of hydrogen-bond donors (Lipinski definition) is 1. The number of rotatable bonds is 4. The van der Waals surface area contributed by atoms with Crippen molar-refractivity contribution in [3.8, 4) is 11.3 Å². The van der Waals surface area contributed by atoms with Crippen molar-refractivity contribution in [2.24, 2.45) is 5.73 Å². The Bertz CT molecular complexity index is 722. The van der Waals surface area contributed by atoms with E-state index >= 15 is 0 Å². The number of benzene rings is 1. The lowest BCUT2D eigenvalue weighted by Crippen LogP contribution is -2.06. The smallest absolute Gasteiger partial charge is 0.123 e. The third-order valence-corrected chi connectivity index (χ3v) is 3.20. The van der Waals surface area contributed by atoms with E-state index in [1.54, 1.807) is 29.2 Å². The van der Waals surface area contributed by atoms with Gasteiger partial charge in [-0.05, 0) is 29.8 Å². The highest BCUT2D eigenvalue weighted by Gasteiger charge is 2.14. The van der Waals surface area contributed by atoms with E-state index in [0.29, 0.717) is 13.1 Å². The molecule has 0 saturated carbocycles. The first-order valence-corrected chi connectivity index (χ1v) is 6.55. The Kier molecular flexibility index (Phi) is 3.70. The fourth-order valence-electron chi connectivity index (χ4n) is 2.19. The molecule has 0 atom stereocenters. The Morgan fingerprint density at radius 1 is 1.05 bits per heavy atom. The van der Waals surface area contributed by atoms with Gasteiger partial charge in [-0.1, -0.05) is 17.3 Å². The lowest BCUT2D eigenvalue weighted by Gasteiger charge is -2.08. The number of aromatic nitrogens is 4. The van der Waals surface area contributed by atoms with E-state index in [0.717, 1.165) is 22.5 Å². The molecule has 106 valence electrons. The van der Waals surface area contributed by atoms with Gasteiger partial charge < -0.3 is 5.73 Å². The molecule has 0 fully saturated rings. The van der Waals surface area contributed by atoms with Crippen LogP contribution in [-0.4, -0.2) is 20.0 Å². The minimum Gasteiger partial charge on any atom is -0.325 e. The summed E-state index contributed by atoms with van der Waals surface area (Å²) < 4.78 is 14.7. The van der Waals surface area contributed by atoms with Gasteiger partial charge in [0.05, 0.1) is 12.2 Å². The first kappa shape index (κ1) is 13.4. The van der Waals surface area contributed by atoms with Gasteiger partial charge in [0.1, 0.15) is 11.5 Å². The van der Waals surface area contributed by atoms with Crippen LogP contribution < -0.4 is 5.73 Å². The van der Waals surface area contributed by atoms with Crippen molar-refractivity contribution in [3.05, 3.63) is 65.9 Å². The summed E-state index contributed by atoms with van der Waals surface area (Å²) in [5.74, 6) is -0.255. The van der Waals surface area contributed by atoms with Crippen molar-refractivity contribution >= 4 is 0 Å². The van der Waals surface area contributed by atoms with Gasteiger partial charge in [-0.3, -0.25) is 4.98 Å². The zero-order chi connectivity index (χ0) is 14.7. The SMILES string of the molecule is NCc1nnn(Cc2ccc(F)cc2)c1-c1ccncc1. The molecule has 6 heteroatoms. The number of nitrogens with two attached hydrogens (primary N) is 1. The van der Waals surface area contributed by atoms with Crippen molar-refractivity contribution in [3.63, 3.8) is 0 Å². The molecular weight excluding hydrogens is 269 g/mol. The largest absolute Gasteiger partial charge is 0.325 e. The molecule has 0 saturated heterocycles. The molecular formula is C15H14FN5. The maximum absolute atomic E-state index is 13.0. The van der Waals surface area contributed by atoms with Crippen LogP contribution in [0.15, 0.2) is 48.8 Å². The molecule has 21 heavy (non-hydrogen) atoms. The van der Waals surface area contributed by atoms with Gasteiger partial charge in [0.15, 0.2) is 0 Å². The van der Waals surface area contributed by atoms with E-state index in [2.05, 4.69) is 15.3 Å². The van der Waals surface area contributed by atoms with Crippen LogP contribution in [0.25, 0.3) is 11.3 Å². The fourth-order valence-corrected chi connectivity index (χ4v) is 2.19. The van der Waals surface area contributed by atoms with Gasteiger partial charge in [-0.2, -0.15) is 0 Å². The van der Waals surface area contributed by atoms with E-state index < -0.39 is 0 Å². The minimum absolute atomic E-state index is 0.255. The molecule has 1 aromatic carbocycles. The number of halogens is 1. The van der Waals surface area contributed by atoms with Gasteiger partial charge >= 0.3 is 0 Å². The summed E-state index contributed by atoms with van der Waals surface area (Å²) in [5.41, 5.74) is 9.22. The van der Waals surface area contributed by atoms with Crippen LogP contribution in [0.1, 0.15) is 11.3 Å². The van der Waals surface area contributed by atoms with Gasteiger partial charge in [0, 0.05) is 24.5 Å². The highest BCUT2D eigenvalue weighted by molar-refractivity contribution is 5.61. The first-order chi connectivity index (χ1) is 10.3. The van der Waals surface area contributed by atoms with Crippen LogP contribution in [-0.2, 0) is 13.1 Å². The molecule has 3 rings (SSSR count). The van der Waals surface area contributed by atoms with E-state index in [9.17, 15) is 4.39 Å². The van der Waals surface area contributed by atoms with Crippen molar-refractivity contribution in [1.29, 1.82) is 0 Å². The zero-order valence-electron chi connectivity index (χ0n) is 11.3. The van der Waals surface area contributed by atoms with Crippen LogP contribution in [0.2, 0.25) is 0 Å². The van der Waals surface area contributed by atoms with Crippen LogP contribution in [0, 0.1) is 5.82 Å². The molecule has 0 aliphatic heterocycles. The van der Waals surface area contributed by atoms with Crippen molar-refractivity contribution in [2.45, 2.75) is 13.1 Å². The van der Waals surface area contributed by atoms with Crippen LogP contribution in [0.3, 0.4) is 0 Å². The van der Waals surface area contributed by atoms with Crippen LogP contribution >= 0.6 is 0 Å². The second-order valence-corrected chi connectivity index (χ2v) is 4.61. The third-order valence-electron chi connectivity index (χ3n) is 3.20. The number of nitrogens with zero attached hydrogens (tertiary/aromatic N) is 4. The molecule has 0 amide bonds. The highest BCUT2D eigenvalue weighted by atomic mass is 19.1. The molecule has 2 N–H and O–H groups in total. The number of hydrogen-bond acceptors (Lipinski definition) is 4. The summed E-state index contributed by atoms with van der Waals surface area (Å²) in [6, 6.07) is 10.1. The first-order valence-electron chi connectivity index (χ1n) is 6.55. The fraction of sp³-hybridized carbons (Fsp3) is 0.133. The Labute approximate surface area is 121 Å². The zero-order valence-corrected chi connectivity index (χ0v) is 11.3. The normalized spacial score (nSPS) is 10.8. The van der Waals surface area contributed by atoms with E-state index in [-0.39, 0.29) is 5.82 Å². The predicted octanol–water partition coefficient (Wildman–Crippen LogP) is 1.99. The molecule has 2 aromatic heterocycles. The highest BCUT2D eigenvalue weighted by Crippen LogP contribution is 2.22. The molecule has 0 aliphatic carbocycles. The summed E-state index contributed by atoms with van der Waals surface area (Å²) in [7, 11) is 0. The van der Waals surface area contributed by atoms with Crippen LogP contribution in [0.4, 0.5) is 4.39 Å². The Morgan fingerprint density at radius 2 is 1.76 bits per heavy atom. The minimum atomic E-state index is -0.255. The lowest BCUT2D eigenvalue weighted by molar-refractivity contribution is 0.622. The number of pyridine rings is 1. The third kappa shape index (κ3) is 2.80. The summed E-state index contributed by atoms with van der Waals surface area (Å²) in [6.45, 7) is 0.812. The van der Waals surface area contributed by atoms with E-state index in [4.69, 9.17) is 5.73 Å². The standard InChI is InChI=1S/C15H14FN5/c16-13-3-1-11(2-4-13)10-21-15(14(9-17)19-20-21)12-5-7-18-8-6-12/h1-8H,9-10,17H2. The van der Waals surface area contributed by atoms with Crippen molar-refractivity contribution in [1.82, 2.24) is 20.0 Å². The molecule has 2 heterocycles. The molecule has 0 bridgehead atoms. The molecule has 5 nitrogen and oxygen atoms in total. The van der Waals surface area contributed by atoms with Crippen molar-refractivity contribution in [2.75, 3.05) is 0 Å². The Morgan fingerprint density at radius 3 is 2.43 bits per heavy atom. The molecule has 3 aromatic rings. The molecule has 0 spiro atoms. The second kappa shape index (κ2) is 5.80. The second-order valence-electron chi connectivity index (χ2n) is 4.61. The summed E-state index contributed by atoms with van der Waals surface area (Å²) in [4.78, 5) is 4.01. The molecule has 0 unspecified atom stereocenters. The van der Waals surface area contributed by atoms with E-state index in [1.165, 1.54) is 12.1 Å². The lowest BCUT2D eigenvalue weighted by atomic mass is 10.1. The van der Waals surface area contributed by atoms with Gasteiger partial charge in [-0.25, -0.2) is 9.07 Å². The van der Waals surface area contributed by atoms with E-state index in [1.807, 2.05) is 12.1 Å². The monoisotopic (exact) mass is 283 g/mol.